The molecule has 0 spiro atoms. The van der Waals surface area contributed by atoms with Crippen molar-refractivity contribution in [2.24, 2.45) is 0 Å². The monoisotopic (exact) mass is 172 g/mol. The Labute approximate surface area is 72.9 Å². The van der Waals surface area contributed by atoms with Crippen LogP contribution in [-0.2, 0) is 9.53 Å². The molecule has 12 heavy (non-hydrogen) atoms. The summed E-state index contributed by atoms with van der Waals surface area (Å²) in [6.45, 7) is 5.47. The van der Waals surface area contributed by atoms with Gasteiger partial charge in [-0.25, -0.2) is 10.2 Å². The van der Waals surface area contributed by atoms with Gasteiger partial charge in [0.05, 0.1) is 0 Å². The third-order valence-electron chi connectivity index (χ3n) is 0.854. The van der Waals surface area contributed by atoms with Crippen LogP contribution in [0.15, 0.2) is 12.3 Å². The topological polar surface area (TPSA) is 50.4 Å². The Morgan fingerprint density at radius 3 is 2.42 bits per heavy atom. The largest absolute Gasteiger partial charge is 0.457 e. The van der Waals surface area contributed by atoms with E-state index in [2.05, 4.69) is 10.9 Å². The first-order valence-electron chi connectivity index (χ1n) is 3.77. The summed E-state index contributed by atoms with van der Waals surface area (Å²) < 4.78 is 4.99. The molecule has 0 unspecified atom stereocenters. The lowest BCUT2D eigenvalue weighted by Gasteiger charge is -2.17. The lowest BCUT2D eigenvalue weighted by Crippen LogP contribution is -2.24. The average molecular weight is 172 g/mol. The molecule has 0 bridgehead atoms. The van der Waals surface area contributed by atoms with Crippen molar-refractivity contribution in [2.75, 3.05) is 7.05 Å². The first kappa shape index (κ1) is 11.0. The van der Waals surface area contributed by atoms with Crippen LogP contribution in [0.3, 0.4) is 0 Å². The summed E-state index contributed by atoms with van der Waals surface area (Å²) in [6.07, 6.45) is 2.80. The molecule has 0 aliphatic rings. The number of hydrazine groups is 1. The molecule has 0 fully saturated rings. The van der Waals surface area contributed by atoms with Crippen LogP contribution in [0, 0.1) is 0 Å². The molecule has 4 nitrogen and oxygen atoms in total. The second-order valence-electron chi connectivity index (χ2n) is 3.26. The van der Waals surface area contributed by atoms with Gasteiger partial charge in [0.25, 0.3) is 0 Å². The van der Waals surface area contributed by atoms with Gasteiger partial charge in [-0.1, -0.05) is 0 Å². The Balaban J connectivity index is 3.75. The third kappa shape index (κ3) is 7.08. The Hall–Kier alpha value is -1.03. The van der Waals surface area contributed by atoms with Crippen LogP contribution in [0.2, 0.25) is 0 Å². The minimum Gasteiger partial charge on any atom is -0.457 e. The molecule has 2 N–H and O–H groups in total. The summed E-state index contributed by atoms with van der Waals surface area (Å²) in [7, 11) is 1.71. The Bertz CT molecular complexity index is 170. The molecule has 70 valence electrons. The van der Waals surface area contributed by atoms with E-state index in [-0.39, 0.29) is 5.97 Å². The highest BCUT2D eigenvalue weighted by atomic mass is 16.6. The van der Waals surface area contributed by atoms with E-state index in [1.54, 1.807) is 7.05 Å². The Morgan fingerprint density at radius 2 is 2.00 bits per heavy atom. The number of esters is 1. The molecule has 0 aromatic carbocycles. The molecule has 0 aromatic heterocycles. The summed E-state index contributed by atoms with van der Waals surface area (Å²) in [5, 5.41) is 0. The van der Waals surface area contributed by atoms with Crippen LogP contribution in [0.25, 0.3) is 0 Å². The van der Waals surface area contributed by atoms with E-state index in [9.17, 15) is 4.79 Å². The van der Waals surface area contributed by atoms with Crippen molar-refractivity contribution in [3.63, 3.8) is 0 Å². The zero-order chi connectivity index (χ0) is 9.61. The summed E-state index contributed by atoms with van der Waals surface area (Å²) >= 11 is 0. The average Bonchev–Trinajstić information content (AvgIpc) is 1.84. The SMILES string of the molecule is CNN/C=C/C(=O)OC(C)(C)C. The second kappa shape index (κ2) is 4.77. The van der Waals surface area contributed by atoms with Crippen molar-refractivity contribution in [3.8, 4) is 0 Å². The van der Waals surface area contributed by atoms with Gasteiger partial charge in [-0.3, -0.25) is 0 Å². The number of hydrogen-bond acceptors (Lipinski definition) is 4. The van der Waals surface area contributed by atoms with Gasteiger partial charge in [0.2, 0.25) is 0 Å². The van der Waals surface area contributed by atoms with E-state index in [0.29, 0.717) is 0 Å². The normalized spacial score (nSPS) is 11.7. The number of ether oxygens (including phenoxy) is 1. The minimum atomic E-state index is -0.429. The maximum atomic E-state index is 11.0. The van der Waals surface area contributed by atoms with E-state index in [4.69, 9.17) is 4.74 Å². The molecule has 0 aromatic rings. The zero-order valence-corrected chi connectivity index (χ0v) is 7.97. The van der Waals surface area contributed by atoms with Crippen molar-refractivity contribution in [3.05, 3.63) is 12.3 Å². The Morgan fingerprint density at radius 1 is 1.42 bits per heavy atom. The molecular formula is C8H16N2O2. The standard InChI is InChI=1S/C8H16N2O2/c1-8(2,3)12-7(11)5-6-10-9-4/h5-6,9-10H,1-4H3/b6-5+. The molecule has 0 saturated heterocycles. The van der Waals surface area contributed by atoms with Crippen molar-refractivity contribution < 1.29 is 9.53 Å². The highest BCUT2D eigenvalue weighted by Gasteiger charge is 2.13. The first-order valence-corrected chi connectivity index (χ1v) is 3.77. The first-order chi connectivity index (χ1) is 5.45. The number of rotatable bonds is 3. The van der Waals surface area contributed by atoms with E-state index < -0.39 is 5.60 Å². The maximum absolute atomic E-state index is 11.0. The third-order valence-corrected chi connectivity index (χ3v) is 0.854. The number of nitrogens with one attached hydrogen (secondary N) is 2. The molecule has 0 saturated carbocycles. The van der Waals surface area contributed by atoms with Crippen LogP contribution in [-0.4, -0.2) is 18.6 Å². The zero-order valence-electron chi connectivity index (χ0n) is 7.97. The second-order valence-corrected chi connectivity index (χ2v) is 3.26. The van der Waals surface area contributed by atoms with Crippen LogP contribution in [0.1, 0.15) is 20.8 Å². The fourth-order valence-corrected chi connectivity index (χ4v) is 0.529. The predicted octanol–water partition coefficient (Wildman–Crippen LogP) is 0.566. The Kier molecular flexibility index (Phi) is 4.36. The molecule has 0 radical (unpaired) electrons. The van der Waals surface area contributed by atoms with Crippen LogP contribution in [0.4, 0.5) is 0 Å². The van der Waals surface area contributed by atoms with Gasteiger partial charge in [0, 0.05) is 19.3 Å². The predicted molar refractivity (Wildman–Crippen MR) is 47.2 cm³/mol. The minimum absolute atomic E-state index is 0.356. The van der Waals surface area contributed by atoms with E-state index in [1.807, 2.05) is 20.8 Å². The van der Waals surface area contributed by atoms with E-state index in [1.165, 1.54) is 12.3 Å². The van der Waals surface area contributed by atoms with Crippen molar-refractivity contribution in [1.29, 1.82) is 0 Å². The van der Waals surface area contributed by atoms with Crippen LogP contribution in [0.5, 0.6) is 0 Å². The highest BCUT2D eigenvalue weighted by Crippen LogP contribution is 2.06. The fourth-order valence-electron chi connectivity index (χ4n) is 0.529. The number of carbonyl (C=O) groups is 1. The molecule has 4 heteroatoms. The molecule has 0 atom stereocenters. The molecular weight excluding hydrogens is 156 g/mol. The number of hydrogen-bond donors (Lipinski definition) is 2. The quantitative estimate of drug-likeness (QED) is 0.371. The van der Waals surface area contributed by atoms with Gasteiger partial charge < -0.3 is 10.2 Å². The maximum Gasteiger partial charge on any atom is 0.332 e. The van der Waals surface area contributed by atoms with Crippen LogP contribution < -0.4 is 10.9 Å². The summed E-state index contributed by atoms with van der Waals surface area (Å²) in [5.74, 6) is -0.356. The van der Waals surface area contributed by atoms with Crippen LogP contribution >= 0.6 is 0 Å². The lowest BCUT2D eigenvalue weighted by molar-refractivity contribution is -0.148. The molecule has 0 heterocycles. The summed E-state index contributed by atoms with van der Waals surface area (Å²) in [4.78, 5) is 11.0. The van der Waals surface area contributed by atoms with Gasteiger partial charge in [-0.15, -0.1) is 0 Å². The molecule has 0 aliphatic carbocycles. The van der Waals surface area contributed by atoms with E-state index in [0.717, 1.165) is 0 Å². The van der Waals surface area contributed by atoms with Gasteiger partial charge in [-0.2, -0.15) is 0 Å². The van der Waals surface area contributed by atoms with Gasteiger partial charge in [-0.05, 0) is 20.8 Å². The lowest BCUT2D eigenvalue weighted by atomic mass is 10.2. The molecule has 0 rings (SSSR count). The van der Waals surface area contributed by atoms with Gasteiger partial charge >= 0.3 is 5.97 Å². The summed E-state index contributed by atoms with van der Waals surface area (Å²) in [5.41, 5.74) is 4.85. The summed E-state index contributed by atoms with van der Waals surface area (Å²) in [6, 6.07) is 0. The fraction of sp³-hybridized carbons (Fsp3) is 0.625. The van der Waals surface area contributed by atoms with E-state index >= 15 is 0 Å². The van der Waals surface area contributed by atoms with Gasteiger partial charge in [0.15, 0.2) is 0 Å². The number of carbonyl (C=O) groups excluding carboxylic acids is 1. The molecule has 0 aliphatic heterocycles. The van der Waals surface area contributed by atoms with Gasteiger partial charge in [0.1, 0.15) is 5.60 Å². The van der Waals surface area contributed by atoms with Crippen molar-refractivity contribution in [1.82, 2.24) is 10.9 Å². The molecule has 0 amide bonds. The van der Waals surface area contributed by atoms with Crippen molar-refractivity contribution >= 4 is 5.97 Å². The highest BCUT2D eigenvalue weighted by molar-refractivity contribution is 5.82. The van der Waals surface area contributed by atoms with Crippen molar-refractivity contribution in [2.45, 2.75) is 26.4 Å². The smallest absolute Gasteiger partial charge is 0.332 e.